The van der Waals surface area contributed by atoms with Crippen LogP contribution in [0.5, 0.6) is 0 Å². The molecule has 0 bridgehead atoms. The molecule has 0 heterocycles. The third-order valence-electron chi connectivity index (χ3n) is 1.55. The van der Waals surface area contributed by atoms with Crippen LogP contribution >= 0.6 is 27.7 Å². The van der Waals surface area contributed by atoms with Crippen molar-refractivity contribution in [2.24, 2.45) is 5.92 Å². The minimum absolute atomic E-state index is 0.108. The van der Waals surface area contributed by atoms with E-state index in [2.05, 4.69) is 28.1 Å². The van der Waals surface area contributed by atoms with Gasteiger partial charge in [0.05, 0.1) is 12.0 Å². The summed E-state index contributed by atoms with van der Waals surface area (Å²) in [6.07, 6.45) is 0. The molecule has 0 saturated carbocycles. The smallest absolute Gasteiger partial charge is 0.0661 e. The number of hydrogen-bond acceptors (Lipinski definition) is 2. The highest BCUT2D eigenvalue weighted by Crippen LogP contribution is 2.28. The van der Waals surface area contributed by atoms with Gasteiger partial charge in [-0.1, -0.05) is 12.1 Å². The van der Waals surface area contributed by atoms with Crippen LogP contribution in [0.2, 0.25) is 0 Å². The van der Waals surface area contributed by atoms with E-state index in [0.717, 1.165) is 10.2 Å². The lowest BCUT2D eigenvalue weighted by Gasteiger charge is -2.04. The fourth-order valence-corrected chi connectivity index (χ4v) is 2.33. The molecule has 0 aliphatic heterocycles. The summed E-state index contributed by atoms with van der Waals surface area (Å²) in [5, 5.41) is 8.61. The lowest BCUT2D eigenvalue weighted by molar-refractivity contribution is 0.864. The molecule has 68 valence electrons. The normalized spacial score (nSPS) is 12.1. The van der Waals surface area contributed by atoms with E-state index in [4.69, 9.17) is 5.26 Å². The van der Waals surface area contributed by atoms with Gasteiger partial charge in [-0.3, -0.25) is 0 Å². The molecule has 0 aliphatic rings. The number of nitriles is 1. The lowest BCUT2D eigenvalue weighted by Crippen LogP contribution is -1.92. The molecule has 0 saturated heterocycles. The predicted molar refractivity (Wildman–Crippen MR) is 59.6 cm³/mol. The Hall–Kier alpha value is -0.460. The van der Waals surface area contributed by atoms with E-state index in [0.29, 0.717) is 0 Å². The maximum atomic E-state index is 8.61. The average molecular weight is 256 g/mol. The fraction of sp³-hybridized carbons (Fsp3) is 0.300. The molecule has 1 aromatic rings. The Kier molecular flexibility index (Phi) is 4.34. The SMILES string of the molecule is CC(C#N)CSc1ccccc1Br. The number of hydrogen-bond donors (Lipinski definition) is 0. The van der Waals surface area contributed by atoms with Crippen LogP contribution in [0.25, 0.3) is 0 Å². The first-order valence-corrected chi connectivity index (χ1v) is 5.79. The van der Waals surface area contributed by atoms with Crippen molar-refractivity contribution in [1.29, 1.82) is 5.26 Å². The first kappa shape index (κ1) is 10.6. The molecule has 0 amide bonds. The van der Waals surface area contributed by atoms with Crippen molar-refractivity contribution < 1.29 is 0 Å². The van der Waals surface area contributed by atoms with E-state index < -0.39 is 0 Å². The third kappa shape index (κ3) is 3.41. The van der Waals surface area contributed by atoms with Gasteiger partial charge in [0.25, 0.3) is 0 Å². The van der Waals surface area contributed by atoms with Crippen molar-refractivity contribution in [1.82, 2.24) is 0 Å². The minimum Gasteiger partial charge on any atom is -0.198 e. The quantitative estimate of drug-likeness (QED) is 0.770. The molecule has 0 radical (unpaired) electrons. The van der Waals surface area contributed by atoms with Crippen molar-refractivity contribution in [3.8, 4) is 6.07 Å². The number of nitrogens with zero attached hydrogens (tertiary/aromatic N) is 1. The second kappa shape index (κ2) is 5.31. The summed E-state index contributed by atoms with van der Waals surface area (Å²) in [7, 11) is 0. The Labute approximate surface area is 91.3 Å². The first-order chi connectivity index (χ1) is 6.24. The van der Waals surface area contributed by atoms with Gasteiger partial charge in [-0.2, -0.15) is 5.26 Å². The van der Waals surface area contributed by atoms with E-state index in [9.17, 15) is 0 Å². The predicted octanol–water partition coefficient (Wildman–Crippen LogP) is 3.70. The van der Waals surface area contributed by atoms with Crippen molar-refractivity contribution in [2.75, 3.05) is 5.75 Å². The Morgan fingerprint density at radius 3 is 2.85 bits per heavy atom. The molecule has 1 atom stereocenters. The molecule has 13 heavy (non-hydrogen) atoms. The average Bonchev–Trinajstić information content (AvgIpc) is 2.16. The van der Waals surface area contributed by atoms with Gasteiger partial charge in [0.15, 0.2) is 0 Å². The minimum atomic E-state index is 0.108. The topological polar surface area (TPSA) is 23.8 Å². The Balaban J connectivity index is 2.56. The highest BCUT2D eigenvalue weighted by molar-refractivity contribution is 9.10. The van der Waals surface area contributed by atoms with E-state index >= 15 is 0 Å². The van der Waals surface area contributed by atoms with Gasteiger partial charge in [-0.25, -0.2) is 0 Å². The maximum absolute atomic E-state index is 8.61. The summed E-state index contributed by atoms with van der Waals surface area (Å²) in [6.45, 7) is 1.93. The molecule has 1 nitrogen and oxygen atoms in total. The second-order valence-corrected chi connectivity index (χ2v) is 4.69. The largest absolute Gasteiger partial charge is 0.198 e. The van der Waals surface area contributed by atoms with Crippen LogP contribution in [0.3, 0.4) is 0 Å². The highest BCUT2D eigenvalue weighted by Gasteiger charge is 2.03. The van der Waals surface area contributed by atoms with Crippen molar-refractivity contribution >= 4 is 27.7 Å². The molecule has 0 spiro atoms. The number of halogens is 1. The van der Waals surface area contributed by atoms with Gasteiger partial charge < -0.3 is 0 Å². The van der Waals surface area contributed by atoms with Crippen LogP contribution < -0.4 is 0 Å². The molecular formula is C10H10BrNS. The third-order valence-corrected chi connectivity index (χ3v) is 3.83. The summed E-state index contributed by atoms with van der Waals surface area (Å²) >= 11 is 5.17. The molecule has 1 aromatic carbocycles. The monoisotopic (exact) mass is 255 g/mol. The molecule has 3 heteroatoms. The summed E-state index contributed by atoms with van der Waals surface area (Å²) < 4.78 is 1.10. The zero-order valence-corrected chi connectivity index (χ0v) is 9.73. The second-order valence-electron chi connectivity index (χ2n) is 2.77. The Morgan fingerprint density at radius 1 is 1.54 bits per heavy atom. The standard InChI is InChI=1S/C10H10BrNS/c1-8(6-12)7-13-10-5-3-2-4-9(10)11/h2-5,8H,7H2,1H3. The molecule has 0 aliphatic carbocycles. The van der Waals surface area contributed by atoms with Gasteiger partial charge in [0.2, 0.25) is 0 Å². The first-order valence-electron chi connectivity index (χ1n) is 4.01. The number of thioether (sulfide) groups is 1. The maximum Gasteiger partial charge on any atom is 0.0661 e. The van der Waals surface area contributed by atoms with Crippen molar-refractivity contribution in [3.63, 3.8) is 0 Å². The number of rotatable bonds is 3. The van der Waals surface area contributed by atoms with Gasteiger partial charge in [0.1, 0.15) is 0 Å². The summed E-state index contributed by atoms with van der Waals surface area (Å²) in [5.41, 5.74) is 0. The summed E-state index contributed by atoms with van der Waals surface area (Å²) in [6, 6.07) is 10.3. The van der Waals surface area contributed by atoms with Gasteiger partial charge in [0, 0.05) is 15.1 Å². The van der Waals surface area contributed by atoms with Crippen LogP contribution in [-0.4, -0.2) is 5.75 Å². The van der Waals surface area contributed by atoms with Crippen LogP contribution in [0, 0.1) is 17.2 Å². The van der Waals surface area contributed by atoms with Crippen LogP contribution in [-0.2, 0) is 0 Å². The summed E-state index contributed by atoms with van der Waals surface area (Å²) in [5.74, 6) is 0.955. The number of benzene rings is 1. The molecule has 0 aromatic heterocycles. The Bertz CT molecular complexity index is 319. The molecule has 0 N–H and O–H groups in total. The van der Waals surface area contributed by atoms with E-state index in [1.54, 1.807) is 11.8 Å². The van der Waals surface area contributed by atoms with Crippen LogP contribution in [0.4, 0.5) is 0 Å². The van der Waals surface area contributed by atoms with Crippen LogP contribution in [0.1, 0.15) is 6.92 Å². The van der Waals surface area contributed by atoms with Crippen molar-refractivity contribution in [3.05, 3.63) is 28.7 Å². The highest BCUT2D eigenvalue weighted by atomic mass is 79.9. The molecule has 1 rings (SSSR count). The zero-order chi connectivity index (χ0) is 9.68. The van der Waals surface area contributed by atoms with E-state index in [1.807, 2.05) is 25.1 Å². The van der Waals surface area contributed by atoms with Gasteiger partial charge >= 0.3 is 0 Å². The van der Waals surface area contributed by atoms with Crippen LogP contribution in [0.15, 0.2) is 33.6 Å². The molecule has 0 fully saturated rings. The van der Waals surface area contributed by atoms with E-state index in [1.165, 1.54) is 4.90 Å². The van der Waals surface area contributed by atoms with Gasteiger partial charge in [-0.05, 0) is 35.0 Å². The zero-order valence-electron chi connectivity index (χ0n) is 7.33. The van der Waals surface area contributed by atoms with Gasteiger partial charge in [-0.15, -0.1) is 11.8 Å². The fourth-order valence-electron chi connectivity index (χ4n) is 0.814. The molecule has 1 unspecified atom stereocenters. The van der Waals surface area contributed by atoms with Crippen molar-refractivity contribution in [2.45, 2.75) is 11.8 Å². The molecular weight excluding hydrogens is 246 g/mol. The lowest BCUT2D eigenvalue weighted by atomic mass is 10.3. The summed E-state index contributed by atoms with van der Waals surface area (Å²) in [4.78, 5) is 1.20. The van der Waals surface area contributed by atoms with E-state index in [-0.39, 0.29) is 5.92 Å². The Morgan fingerprint density at radius 2 is 2.23 bits per heavy atom.